The lowest BCUT2D eigenvalue weighted by Gasteiger charge is -2.09. The quantitative estimate of drug-likeness (QED) is 0.296. The van der Waals surface area contributed by atoms with Gasteiger partial charge in [-0.15, -0.1) is 11.3 Å². The number of carbonyl (C=O) groups is 1. The third kappa shape index (κ3) is 4.14. The van der Waals surface area contributed by atoms with E-state index in [1.165, 1.54) is 4.70 Å². The van der Waals surface area contributed by atoms with Gasteiger partial charge in [0, 0.05) is 11.3 Å². The third-order valence-corrected chi connectivity index (χ3v) is 6.97. The third-order valence-electron chi connectivity index (χ3n) is 4.24. The van der Waals surface area contributed by atoms with E-state index < -0.39 is 0 Å². The Morgan fingerprint density at radius 3 is 2.61 bits per heavy atom. The number of para-hydroxylation sites is 2. The predicted molar refractivity (Wildman–Crippen MR) is 119 cm³/mol. The van der Waals surface area contributed by atoms with Crippen LogP contribution in [0.5, 0.6) is 5.75 Å². The van der Waals surface area contributed by atoms with Gasteiger partial charge >= 0.3 is 0 Å². The minimum Gasteiger partial charge on any atom is -0.495 e. The Morgan fingerprint density at radius 1 is 1.07 bits per heavy atom. The van der Waals surface area contributed by atoms with E-state index in [0.29, 0.717) is 17.7 Å². The van der Waals surface area contributed by atoms with Crippen LogP contribution in [-0.4, -0.2) is 17.9 Å². The highest BCUT2D eigenvalue weighted by Gasteiger charge is 2.15. The number of methoxy groups -OCH3 is 1. The van der Waals surface area contributed by atoms with Gasteiger partial charge in [0.2, 0.25) is 0 Å². The number of hydrogen-bond donors (Lipinski definition) is 0. The van der Waals surface area contributed by atoms with Crippen molar-refractivity contribution in [1.29, 1.82) is 0 Å². The summed E-state index contributed by atoms with van der Waals surface area (Å²) in [6.45, 7) is 0. The second-order valence-electron chi connectivity index (χ2n) is 6.11. The molecule has 4 aromatic rings. The number of aromatic nitrogens is 1. The van der Waals surface area contributed by atoms with Crippen molar-refractivity contribution in [3.8, 4) is 5.75 Å². The highest BCUT2D eigenvalue weighted by molar-refractivity contribution is 9.10. The SMILES string of the molecule is COc1c(Br)cccc1C(=O)Cc1ccc(Sc2nc3ccccc3s2)cc1. The van der Waals surface area contributed by atoms with Gasteiger partial charge in [-0.05, 0) is 57.9 Å². The molecule has 0 saturated carbocycles. The van der Waals surface area contributed by atoms with Crippen LogP contribution in [0.25, 0.3) is 10.2 Å². The first-order chi connectivity index (χ1) is 13.6. The Hall–Kier alpha value is -2.15. The van der Waals surface area contributed by atoms with Gasteiger partial charge in [0.1, 0.15) is 5.75 Å². The molecule has 6 heteroatoms. The Balaban J connectivity index is 1.47. The second kappa shape index (κ2) is 8.47. The van der Waals surface area contributed by atoms with E-state index in [4.69, 9.17) is 4.74 Å². The Kier molecular flexibility index (Phi) is 5.80. The number of hydrogen-bond acceptors (Lipinski definition) is 5. The molecule has 28 heavy (non-hydrogen) atoms. The molecule has 1 heterocycles. The molecule has 0 fully saturated rings. The van der Waals surface area contributed by atoms with E-state index in [-0.39, 0.29) is 5.78 Å². The molecular weight excluding hydrogens is 454 g/mol. The molecule has 0 spiro atoms. The van der Waals surface area contributed by atoms with Crippen molar-refractivity contribution in [3.05, 3.63) is 82.3 Å². The lowest BCUT2D eigenvalue weighted by atomic mass is 10.0. The predicted octanol–water partition coefficient (Wildman–Crippen LogP) is 6.64. The van der Waals surface area contributed by atoms with Crippen molar-refractivity contribution in [2.24, 2.45) is 0 Å². The molecule has 0 atom stereocenters. The molecule has 1 aromatic heterocycles. The summed E-state index contributed by atoms with van der Waals surface area (Å²) in [6.07, 6.45) is 0.332. The number of ketones is 1. The van der Waals surface area contributed by atoms with Gasteiger partial charge in [-0.2, -0.15) is 0 Å². The van der Waals surface area contributed by atoms with Crippen LogP contribution in [0.4, 0.5) is 0 Å². The number of ether oxygens (including phenoxy) is 1. The minimum absolute atomic E-state index is 0.0322. The molecule has 0 unspecified atom stereocenters. The van der Waals surface area contributed by atoms with Gasteiger partial charge in [0.05, 0.1) is 27.4 Å². The van der Waals surface area contributed by atoms with Gasteiger partial charge in [-0.3, -0.25) is 4.79 Å². The average Bonchev–Trinajstić information content (AvgIpc) is 3.11. The normalized spacial score (nSPS) is 10.9. The van der Waals surface area contributed by atoms with E-state index in [2.05, 4.69) is 27.0 Å². The summed E-state index contributed by atoms with van der Waals surface area (Å²) in [7, 11) is 1.57. The minimum atomic E-state index is 0.0322. The maximum atomic E-state index is 12.7. The molecule has 0 aliphatic rings. The van der Waals surface area contributed by atoms with Crippen LogP contribution >= 0.6 is 39.0 Å². The van der Waals surface area contributed by atoms with Crippen molar-refractivity contribution >= 4 is 55.0 Å². The standard InChI is InChI=1S/C22H16BrNO2S2/c1-26-21-16(5-4-6-17(21)23)19(25)13-14-9-11-15(12-10-14)27-22-24-18-7-2-3-8-20(18)28-22/h2-12H,13H2,1H3. The van der Waals surface area contributed by atoms with Crippen LogP contribution in [-0.2, 0) is 6.42 Å². The summed E-state index contributed by atoms with van der Waals surface area (Å²) in [5.41, 5.74) is 2.59. The first-order valence-electron chi connectivity index (χ1n) is 8.62. The van der Waals surface area contributed by atoms with Gasteiger partial charge in [0.15, 0.2) is 10.1 Å². The molecule has 0 amide bonds. The summed E-state index contributed by atoms with van der Waals surface area (Å²) in [4.78, 5) is 18.5. The molecule has 140 valence electrons. The highest BCUT2D eigenvalue weighted by atomic mass is 79.9. The zero-order valence-electron chi connectivity index (χ0n) is 15.0. The first-order valence-corrected chi connectivity index (χ1v) is 11.0. The van der Waals surface area contributed by atoms with Crippen LogP contribution in [0.1, 0.15) is 15.9 Å². The summed E-state index contributed by atoms with van der Waals surface area (Å²) in [5, 5.41) is 0. The van der Waals surface area contributed by atoms with E-state index in [1.807, 2.05) is 54.6 Å². The fraction of sp³-hybridized carbons (Fsp3) is 0.0909. The van der Waals surface area contributed by atoms with Crippen LogP contribution in [0.2, 0.25) is 0 Å². The molecule has 0 bridgehead atoms. The molecule has 0 radical (unpaired) electrons. The molecule has 0 N–H and O–H groups in total. The van der Waals surface area contributed by atoms with Gasteiger partial charge in [0.25, 0.3) is 0 Å². The first kappa shape index (κ1) is 19.2. The summed E-state index contributed by atoms with van der Waals surface area (Å²) in [6, 6.07) is 21.7. The highest BCUT2D eigenvalue weighted by Crippen LogP contribution is 2.34. The number of Topliss-reactive ketones (excluding diaryl/α,β-unsaturated/α-hetero) is 1. The molecular formula is C22H16BrNO2S2. The maximum absolute atomic E-state index is 12.7. The monoisotopic (exact) mass is 469 g/mol. The van der Waals surface area contributed by atoms with Crippen molar-refractivity contribution < 1.29 is 9.53 Å². The molecule has 0 saturated heterocycles. The van der Waals surface area contributed by atoms with Crippen LogP contribution in [0, 0.1) is 0 Å². The maximum Gasteiger partial charge on any atom is 0.170 e. The largest absolute Gasteiger partial charge is 0.495 e. The van der Waals surface area contributed by atoms with Gasteiger partial charge in [-0.1, -0.05) is 42.1 Å². The number of fused-ring (bicyclic) bond motifs is 1. The Labute approximate surface area is 179 Å². The molecule has 4 rings (SSSR count). The zero-order valence-corrected chi connectivity index (χ0v) is 18.2. The second-order valence-corrected chi connectivity index (χ2v) is 9.32. The number of carbonyl (C=O) groups excluding carboxylic acids is 1. The molecule has 0 aliphatic heterocycles. The number of halogens is 1. The zero-order chi connectivity index (χ0) is 19.5. The van der Waals surface area contributed by atoms with Crippen molar-refractivity contribution in [2.75, 3.05) is 7.11 Å². The number of thiazole rings is 1. The number of benzene rings is 3. The number of rotatable bonds is 6. The lowest BCUT2D eigenvalue weighted by Crippen LogP contribution is -2.06. The molecule has 0 aliphatic carbocycles. The van der Waals surface area contributed by atoms with E-state index >= 15 is 0 Å². The summed E-state index contributed by atoms with van der Waals surface area (Å²) < 4.78 is 8.36. The fourth-order valence-corrected chi connectivity index (χ4v) is 5.45. The van der Waals surface area contributed by atoms with Crippen LogP contribution < -0.4 is 4.74 Å². The van der Waals surface area contributed by atoms with Gasteiger partial charge in [-0.25, -0.2) is 4.98 Å². The lowest BCUT2D eigenvalue weighted by molar-refractivity contribution is 0.0990. The molecule has 3 aromatic carbocycles. The van der Waals surface area contributed by atoms with Crippen molar-refractivity contribution in [2.45, 2.75) is 15.7 Å². The topological polar surface area (TPSA) is 39.2 Å². The smallest absolute Gasteiger partial charge is 0.170 e. The Morgan fingerprint density at radius 2 is 1.86 bits per heavy atom. The average molecular weight is 470 g/mol. The van der Waals surface area contributed by atoms with E-state index in [0.717, 1.165) is 24.8 Å². The Bertz CT molecular complexity index is 1110. The van der Waals surface area contributed by atoms with Crippen LogP contribution in [0.15, 0.2) is 80.4 Å². The molecule has 3 nitrogen and oxygen atoms in total. The summed E-state index contributed by atoms with van der Waals surface area (Å²) in [5.74, 6) is 0.611. The summed E-state index contributed by atoms with van der Waals surface area (Å²) >= 11 is 6.76. The van der Waals surface area contributed by atoms with E-state index in [9.17, 15) is 4.79 Å². The van der Waals surface area contributed by atoms with Crippen molar-refractivity contribution in [1.82, 2.24) is 4.98 Å². The number of nitrogens with zero attached hydrogens (tertiary/aromatic N) is 1. The van der Waals surface area contributed by atoms with Crippen molar-refractivity contribution in [3.63, 3.8) is 0 Å². The van der Waals surface area contributed by atoms with Crippen LogP contribution in [0.3, 0.4) is 0 Å². The van der Waals surface area contributed by atoms with Gasteiger partial charge < -0.3 is 4.74 Å². The van der Waals surface area contributed by atoms with E-state index in [1.54, 1.807) is 36.3 Å². The fourth-order valence-electron chi connectivity index (χ4n) is 2.89.